The second-order valence-electron chi connectivity index (χ2n) is 5.08. The van der Waals surface area contributed by atoms with Crippen LogP contribution in [0, 0.1) is 0 Å². The van der Waals surface area contributed by atoms with E-state index < -0.39 is 10.0 Å². The Hall–Kier alpha value is -2.35. The predicted molar refractivity (Wildman–Crippen MR) is 101 cm³/mol. The molecule has 0 aliphatic carbocycles. The van der Waals surface area contributed by atoms with E-state index in [1.165, 1.54) is 6.07 Å². The smallest absolute Gasteiger partial charge is 0.271 e. The molecule has 25 heavy (non-hydrogen) atoms. The summed E-state index contributed by atoms with van der Waals surface area (Å²) in [5.41, 5.74) is 1.42. The minimum atomic E-state index is -3.60. The molecule has 0 aliphatic rings. The molecule has 128 valence electrons. The number of halogens is 1. The van der Waals surface area contributed by atoms with Crippen molar-refractivity contribution in [3.8, 4) is 0 Å². The molecule has 2 aromatic carbocycles. The highest BCUT2D eigenvalue weighted by molar-refractivity contribution is 7.94. The molecule has 0 radical (unpaired) electrons. The maximum absolute atomic E-state index is 12.2. The molecule has 3 rings (SSSR count). The summed E-state index contributed by atoms with van der Waals surface area (Å²) < 4.78 is 27.0. The summed E-state index contributed by atoms with van der Waals surface area (Å²) in [5, 5.41) is 5.02. The van der Waals surface area contributed by atoms with Gasteiger partial charge < -0.3 is 5.32 Å². The number of rotatable bonds is 5. The zero-order chi connectivity index (χ0) is 17.9. The van der Waals surface area contributed by atoms with Gasteiger partial charge in [-0.05, 0) is 60.0 Å². The number of carbonyl (C=O) groups excluding carboxylic acids is 1. The molecule has 0 aliphatic heterocycles. The molecule has 1 aromatic heterocycles. The van der Waals surface area contributed by atoms with Crippen LogP contribution in [0.4, 0.5) is 11.4 Å². The van der Waals surface area contributed by atoms with Crippen LogP contribution in [-0.4, -0.2) is 14.3 Å². The monoisotopic (exact) mass is 392 g/mol. The van der Waals surface area contributed by atoms with Crippen LogP contribution in [0.2, 0.25) is 5.02 Å². The van der Waals surface area contributed by atoms with Crippen molar-refractivity contribution in [1.29, 1.82) is 0 Å². The summed E-state index contributed by atoms with van der Waals surface area (Å²) >= 11 is 6.94. The van der Waals surface area contributed by atoms with Crippen LogP contribution in [0.1, 0.15) is 10.4 Å². The number of amides is 1. The molecule has 2 N–H and O–H groups in total. The Kier molecular flexibility index (Phi) is 5.08. The van der Waals surface area contributed by atoms with Gasteiger partial charge in [-0.15, -0.1) is 11.3 Å². The van der Waals surface area contributed by atoms with Crippen LogP contribution in [0.5, 0.6) is 0 Å². The average molecular weight is 393 g/mol. The van der Waals surface area contributed by atoms with E-state index in [1.807, 2.05) is 0 Å². The third kappa shape index (κ3) is 4.39. The number of hydrogen-bond donors (Lipinski definition) is 2. The minimum absolute atomic E-state index is 0.233. The molecule has 0 saturated carbocycles. The summed E-state index contributed by atoms with van der Waals surface area (Å²) in [4.78, 5) is 12.2. The van der Waals surface area contributed by atoms with Gasteiger partial charge in [-0.1, -0.05) is 17.7 Å². The van der Waals surface area contributed by atoms with E-state index >= 15 is 0 Å². The first kappa shape index (κ1) is 17.5. The summed E-state index contributed by atoms with van der Waals surface area (Å²) in [6, 6.07) is 16.1. The lowest BCUT2D eigenvalue weighted by Gasteiger charge is -2.08. The summed E-state index contributed by atoms with van der Waals surface area (Å²) in [6.45, 7) is 0. The third-order valence-corrected chi connectivity index (χ3v) is 6.29. The van der Waals surface area contributed by atoms with Crippen molar-refractivity contribution in [2.75, 3.05) is 10.0 Å². The standard InChI is InChI=1S/C17H13ClN2O3S2/c18-13-5-9-14(10-6-13)19-17(21)12-3-7-15(8-4-12)20-25(22,23)16-2-1-11-24-16/h1-11,20H,(H,19,21). The van der Waals surface area contributed by atoms with Crippen molar-refractivity contribution in [2.24, 2.45) is 0 Å². The van der Waals surface area contributed by atoms with E-state index in [-0.39, 0.29) is 10.1 Å². The van der Waals surface area contributed by atoms with Gasteiger partial charge in [-0.25, -0.2) is 8.42 Å². The lowest BCUT2D eigenvalue weighted by atomic mass is 10.2. The molecular formula is C17H13ClN2O3S2. The molecule has 5 nitrogen and oxygen atoms in total. The maximum Gasteiger partial charge on any atom is 0.271 e. The fraction of sp³-hybridized carbons (Fsp3) is 0. The van der Waals surface area contributed by atoms with Gasteiger partial charge in [0.25, 0.3) is 15.9 Å². The zero-order valence-electron chi connectivity index (χ0n) is 12.8. The first-order valence-electron chi connectivity index (χ1n) is 7.17. The summed E-state index contributed by atoms with van der Waals surface area (Å²) in [6.07, 6.45) is 0. The Labute approximate surface area is 154 Å². The average Bonchev–Trinajstić information content (AvgIpc) is 3.13. The largest absolute Gasteiger partial charge is 0.322 e. The topological polar surface area (TPSA) is 75.3 Å². The number of nitrogens with one attached hydrogen (secondary N) is 2. The highest BCUT2D eigenvalue weighted by Crippen LogP contribution is 2.21. The normalized spacial score (nSPS) is 11.1. The van der Waals surface area contributed by atoms with Crippen LogP contribution >= 0.6 is 22.9 Å². The number of carbonyl (C=O) groups is 1. The zero-order valence-corrected chi connectivity index (χ0v) is 15.2. The van der Waals surface area contributed by atoms with Crippen molar-refractivity contribution < 1.29 is 13.2 Å². The number of hydrogen-bond acceptors (Lipinski definition) is 4. The van der Waals surface area contributed by atoms with Gasteiger partial charge in [-0.2, -0.15) is 0 Å². The van der Waals surface area contributed by atoms with Gasteiger partial charge in [0, 0.05) is 22.0 Å². The summed E-state index contributed by atoms with van der Waals surface area (Å²) in [7, 11) is -3.60. The Morgan fingerprint density at radius 1 is 0.920 bits per heavy atom. The van der Waals surface area contributed by atoms with Crippen LogP contribution < -0.4 is 10.0 Å². The second-order valence-corrected chi connectivity index (χ2v) is 8.37. The first-order chi connectivity index (χ1) is 11.9. The van der Waals surface area contributed by atoms with Gasteiger partial charge in [0.15, 0.2) is 0 Å². The molecule has 0 bridgehead atoms. The van der Waals surface area contributed by atoms with E-state index in [1.54, 1.807) is 60.0 Å². The Morgan fingerprint density at radius 2 is 1.56 bits per heavy atom. The maximum atomic E-state index is 12.2. The molecule has 1 amide bonds. The van der Waals surface area contributed by atoms with Crippen LogP contribution in [-0.2, 0) is 10.0 Å². The van der Waals surface area contributed by atoms with Crippen molar-refractivity contribution in [3.63, 3.8) is 0 Å². The van der Waals surface area contributed by atoms with Crippen molar-refractivity contribution in [2.45, 2.75) is 4.21 Å². The SMILES string of the molecule is O=C(Nc1ccc(Cl)cc1)c1ccc(NS(=O)(=O)c2cccs2)cc1. The minimum Gasteiger partial charge on any atom is -0.322 e. The van der Waals surface area contributed by atoms with E-state index in [2.05, 4.69) is 10.0 Å². The van der Waals surface area contributed by atoms with Gasteiger partial charge in [0.2, 0.25) is 0 Å². The predicted octanol–water partition coefficient (Wildman–Crippen LogP) is 4.45. The number of sulfonamides is 1. The number of anilines is 2. The molecule has 0 unspecified atom stereocenters. The number of benzene rings is 2. The fourth-order valence-electron chi connectivity index (χ4n) is 2.05. The van der Waals surface area contributed by atoms with Crippen LogP contribution in [0.25, 0.3) is 0 Å². The molecule has 8 heteroatoms. The molecule has 0 fully saturated rings. The fourth-order valence-corrected chi connectivity index (χ4v) is 4.23. The molecule has 1 heterocycles. The molecule has 0 saturated heterocycles. The van der Waals surface area contributed by atoms with Crippen molar-refractivity contribution in [3.05, 3.63) is 76.6 Å². The van der Waals surface area contributed by atoms with Gasteiger partial charge >= 0.3 is 0 Å². The van der Waals surface area contributed by atoms with E-state index in [0.717, 1.165) is 11.3 Å². The first-order valence-corrected chi connectivity index (χ1v) is 9.91. The second kappa shape index (κ2) is 7.26. The Bertz CT molecular complexity index is 968. The van der Waals surface area contributed by atoms with E-state index in [4.69, 9.17) is 11.6 Å². The lowest BCUT2D eigenvalue weighted by Crippen LogP contribution is -2.13. The highest BCUT2D eigenvalue weighted by Gasteiger charge is 2.15. The van der Waals surface area contributed by atoms with Gasteiger partial charge in [0.1, 0.15) is 4.21 Å². The molecule has 3 aromatic rings. The molecule has 0 spiro atoms. The van der Waals surface area contributed by atoms with Gasteiger partial charge in [-0.3, -0.25) is 9.52 Å². The van der Waals surface area contributed by atoms with Crippen molar-refractivity contribution in [1.82, 2.24) is 0 Å². The summed E-state index contributed by atoms with van der Waals surface area (Å²) in [5.74, 6) is -0.296. The Balaban J connectivity index is 1.69. The van der Waals surface area contributed by atoms with E-state index in [9.17, 15) is 13.2 Å². The quantitative estimate of drug-likeness (QED) is 0.673. The van der Waals surface area contributed by atoms with Crippen LogP contribution in [0.15, 0.2) is 70.3 Å². The molecular weight excluding hydrogens is 380 g/mol. The van der Waals surface area contributed by atoms with Crippen molar-refractivity contribution >= 4 is 50.2 Å². The van der Waals surface area contributed by atoms with Crippen LogP contribution in [0.3, 0.4) is 0 Å². The van der Waals surface area contributed by atoms with E-state index in [0.29, 0.717) is 22.0 Å². The number of thiophene rings is 1. The van der Waals surface area contributed by atoms with Gasteiger partial charge in [0.05, 0.1) is 0 Å². The Morgan fingerprint density at radius 3 is 2.16 bits per heavy atom. The third-order valence-electron chi connectivity index (χ3n) is 3.26. The lowest BCUT2D eigenvalue weighted by molar-refractivity contribution is 0.102. The highest BCUT2D eigenvalue weighted by atomic mass is 35.5. The molecule has 0 atom stereocenters.